The van der Waals surface area contributed by atoms with Gasteiger partial charge in [0.15, 0.2) is 0 Å². The zero-order chi connectivity index (χ0) is 18.8. The number of amides is 2. The molecule has 1 saturated heterocycles. The van der Waals surface area contributed by atoms with Gasteiger partial charge < -0.3 is 16.0 Å². The van der Waals surface area contributed by atoms with Crippen LogP contribution in [0.1, 0.15) is 39.0 Å². The molecule has 0 bridgehead atoms. The van der Waals surface area contributed by atoms with Crippen LogP contribution in [0.4, 0.5) is 8.78 Å². The summed E-state index contributed by atoms with van der Waals surface area (Å²) in [5, 5.41) is 8.84. The van der Waals surface area contributed by atoms with Crippen LogP contribution >= 0.6 is 11.6 Å². The summed E-state index contributed by atoms with van der Waals surface area (Å²) < 4.78 is 27.0. The molecule has 2 fully saturated rings. The summed E-state index contributed by atoms with van der Waals surface area (Å²) in [5.41, 5.74) is 0.986. The van der Waals surface area contributed by atoms with Crippen molar-refractivity contribution >= 4 is 23.4 Å². The summed E-state index contributed by atoms with van der Waals surface area (Å²) >= 11 is 6.36. The fraction of sp³-hybridized carbons (Fsp3) is 0.778. The van der Waals surface area contributed by atoms with E-state index in [1.807, 2.05) is 6.92 Å². The van der Waals surface area contributed by atoms with Crippen molar-refractivity contribution in [1.29, 1.82) is 0 Å². The van der Waals surface area contributed by atoms with Gasteiger partial charge in [0.2, 0.25) is 11.8 Å². The van der Waals surface area contributed by atoms with Gasteiger partial charge in [0.25, 0.3) is 0 Å². The summed E-state index contributed by atoms with van der Waals surface area (Å²) in [7, 11) is 0. The number of halogens is 3. The smallest absolute Gasteiger partial charge is 0.247 e. The molecule has 0 aromatic rings. The first-order chi connectivity index (χ1) is 12.4. The summed E-state index contributed by atoms with van der Waals surface area (Å²) in [4.78, 5) is 24.7. The van der Waals surface area contributed by atoms with Crippen LogP contribution in [0.3, 0.4) is 0 Å². The van der Waals surface area contributed by atoms with Crippen molar-refractivity contribution < 1.29 is 18.4 Å². The van der Waals surface area contributed by atoms with E-state index in [9.17, 15) is 18.4 Å². The van der Waals surface area contributed by atoms with Gasteiger partial charge >= 0.3 is 0 Å². The van der Waals surface area contributed by atoms with Crippen LogP contribution < -0.4 is 16.0 Å². The van der Waals surface area contributed by atoms with E-state index < -0.39 is 12.3 Å². The number of hydrogen-bond acceptors (Lipinski definition) is 3. The zero-order valence-corrected chi connectivity index (χ0v) is 15.6. The minimum atomic E-state index is -1.23. The number of hydrogen-bond donors (Lipinski definition) is 3. The van der Waals surface area contributed by atoms with Crippen LogP contribution in [-0.2, 0) is 9.59 Å². The first kappa shape index (κ1) is 19.5. The number of piperidine rings is 1. The Morgan fingerprint density at radius 2 is 2.08 bits per heavy atom. The zero-order valence-electron chi connectivity index (χ0n) is 14.9. The molecule has 2 amide bonds. The van der Waals surface area contributed by atoms with Crippen LogP contribution in [0, 0.1) is 11.8 Å². The second-order valence-corrected chi connectivity index (χ2v) is 8.05. The second kappa shape index (κ2) is 8.21. The molecule has 6 unspecified atom stereocenters. The maximum absolute atomic E-state index is 13.9. The van der Waals surface area contributed by atoms with E-state index >= 15 is 0 Å². The molecule has 3 rings (SSSR count). The number of carbonyl (C=O) groups excluding carboxylic acids is 2. The Morgan fingerprint density at radius 1 is 1.31 bits per heavy atom. The fourth-order valence-electron chi connectivity index (χ4n) is 4.25. The minimum Gasteiger partial charge on any atom is -0.355 e. The predicted octanol–water partition coefficient (Wildman–Crippen LogP) is 1.96. The van der Waals surface area contributed by atoms with Gasteiger partial charge in [-0.3, -0.25) is 9.59 Å². The molecule has 0 radical (unpaired) electrons. The highest BCUT2D eigenvalue weighted by Gasteiger charge is 2.40. The van der Waals surface area contributed by atoms with Crippen molar-refractivity contribution in [3.8, 4) is 0 Å². The number of fused-ring (bicyclic) bond motifs is 1. The Morgan fingerprint density at radius 3 is 2.81 bits per heavy atom. The van der Waals surface area contributed by atoms with Crippen LogP contribution in [0.25, 0.3) is 0 Å². The molecule has 146 valence electrons. The van der Waals surface area contributed by atoms with E-state index in [1.165, 1.54) is 0 Å². The fourth-order valence-corrected chi connectivity index (χ4v) is 4.73. The van der Waals surface area contributed by atoms with Crippen LogP contribution in [-0.4, -0.2) is 48.8 Å². The number of carbonyl (C=O) groups is 2. The van der Waals surface area contributed by atoms with Gasteiger partial charge in [0.1, 0.15) is 12.3 Å². The van der Waals surface area contributed by atoms with Crippen LogP contribution in [0.5, 0.6) is 0 Å². The van der Waals surface area contributed by atoms with E-state index in [0.717, 1.165) is 18.5 Å². The summed E-state index contributed by atoms with van der Waals surface area (Å²) in [6, 6.07) is -0.0127. The molecule has 1 saturated carbocycles. The lowest BCUT2D eigenvalue weighted by atomic mass is 9.80. The third-order valence-corrected chi connectivity index (χ3v) is 6.28. The lowest BCUT2D eigenvalue weighted by molar-refractivity contribution is -0.124. The highest BCUT2D eigenvalue weighted by molar-refractivity contribution is 6.21. The summed E-state index contributed by atoms with van der Waals surface area (Å²) in [6.45, 7) is 2.76. The summed E-state index contributed by atoms with van der Waals surface area (Å²) in [5.74, 6) is -0.954. The van der Waals surface area contributed by atoms with E-state index in [0.29, 0.717) is 18.4 Å². The molecule has 3 N–H and O–H groups in total. The Hall–Kier alpha value is -1.21. The summed E-state index contributed by atoms with van der Waals surface area (Å²) in [6.07, 6.45) is -0.916. The van der Waals surface area contributed by atoms with Crippen LogP contribution in [0.2, 0.25) is 0 Å². The Bertz CT molecular complexity index is 601. The molecule has 2 aliphatic heterocycles. The molecule has 26 heavy (non-hydrogen) atoms. The van der Waals surface area contributed by atoms with Gasteiger partial charge in [-0.05, 0) is 32.7 Å². The van der Waals surface area contributed by atoms with Crippen molar-refractivity contribution in [1.82, 2.24) is 16.0 Å². The largest absolute Gasteiger partial charge is 0.355 e. The van der Waals surface area contributed by atoms with Gasteiger partial charge in [-0.25, -0.2) is 8.78 Å². The minimum absolute atomic E-state index is 0.0127. The van der Waals surface area contributed by atoms with Gasteiger partial charge in [-0.1, -0.05) is 5.57 Å². The molecule has 5 nitrogen and oxygen atoms in total. The van der Waals surface area contributed by atoms with Gasteiger partial charge in [-0.15, -0.1) is 11.6 Å². The number of nitrogens with one attached hydrogen (secondary N) is 3. The number of alkyl halides is 3. The van der Waals surface area contributed by atoms with Crippen molar-refractivity contribution in [2.75, 3.05) is 13.1 Å². The van der Waals surface area contributed by atoms with Crippen molar-refractivity contribution in [3.63, 3.8) is 0 Å². The van der Waals surface area contributed by atoms with Crippen molar-refractivity contribution in [3.05, 3.63) is 11.1 Å². The molecule has 0 spiro atoms. The highest BCUT2D eigenvalue weighted by atomic mass is 35.5. The van der Waals surface area contributed by atoms with Gasteiger partial charge in [-0.2, -0.15) is 0 Å². The maximum Gasteiger partial charge on any atom is 0.247 e. The van der Waals surface area contributed by atoms with E-state index in [1.54, 1.807) is 0 Å². The molecule has 1 aliphatic carbocycles. The predicted molar refractivity (Wildman–Crippen MR) is 95.1 cm³/mol. The quantitative estimate of drug-likeness (QED) is 0.508. The Balaban J connectivity index is 1.59. The Kier molecular flexibility index (Phi) is 6.17. The number of rotatable bonds is 4. The monoisotopic (exact) mass is 389 g/mol. The molecule has 8 heteroatoms. The molecule has 2 heterocycles. The second-order valence-electron chi connectivity index (χ2n) is 7.58. The van der Waals surface area contributed by atoms with E-state index in [4.69, 9.17) is 11.6 Å². The van der Waals surface area contributed by atoms with Gasteiger partial charge in [0, 0.05) is 36.4 Å². The average Bonchev–Trinajstić information content (AvgIpc) is 2.57. The first-order valence-electron chi connectivity index (χ1n) is 9.29. The SMILES string of the molecule is CC1=C(CC(=O)NCC2CCC(F)CC2F)C(=O)NC2CCNC(Cl)C12. The third-order valence-electron chi connectivity index (χ3n) is 5.85. The van der Waals surface area contributed by atoms with Crippen molar-refractivity contribution in [2.24, 2.45) is 11.8 Å². The lowest BCUT2D eigenvalue weighted by Crippen LogP contribution is -2.56. The van der Waals surface area contributed by atoms with E-state index in [-0.39, 0.29) is 54.6 Å². The highest BCUT2D eigenvalue weighted by Crippen LogP contribution is 2.33. The molecule has 3 aliphatic rings. The molecule has 0 aromatic heterocycles. The van der Waals surface area contributed by atoms with Crippen molar-refractivity contribution in [2.45, 2.75) is 62.9 Å². The molecular formula is C18H26ClF2N3O2. The van der Waals surface area contributed by atoms with E-state index in [2.05, 4.69) is 16.0 Å². The maximum atomic E-state index is 13.9. The average molecular weight is 390 g/mol. The molecule has 6 atom stereocenters. The van der Waals surface area contributed by atoms with Crippen LogP contribution in [0.15, 0.2) is 11.1 Å². The van der Waals surface area contributed by atoms with Gasteiger partial charge in [0.05, 0.1) is 11.9 Å². The third kappa shape index (κ3) is 4.19. The molecule has 0 aromatic carbocycles. The molecular weight excluding hydrogens is 364 g/mol. The normalized spacial score (nSPS) is 37.8. The lowest BCUT2D eigenvalue weighted by Gasteiger charge is -2.41. The topological polar surface area (TPSA) is 70.2 Å². The first-order valence-corrected chi connectivity index (χ1v) is 9.73. The Labute approximate surface area is 157 Å². The standard InChI is InChI=1S/C18H26ClF2N3O2/c1-9-12(18(26)24-14-4-5-22-17(19)16(9)14)7-15(25)23-8-10-2-3-11(20)6-13(10)21/h10-11,13-14,16-17,22H,2-8H2,1H3,(H,23,25)(H,24,26).